The lowest BCUT2D eigenvalue weighted by Crippen LogP contribution is -2.11. The molecule has 0 aliphatic rings. The minimum Gasteiger partial charge on any atom is -0.482 e. The van der Waals surface area contributed by atoms with E-state index in [1.54, 1.807) is 10.7 Å². The molecule has 1 heterocycles. The number of rotatable bonds is 5. The van der Waals surface area contributed by atoms with E-state index in [0.29, 0.717) is 11.2 Å². The van der Waals surface area contributed by atoms with Gasteiger partial charge in [-0.25, -0.2) is 14.1 Å². The summed E-state index contributed by atoms with van der Waals surface area (Å²) in [6, 6.07) is 5.06. The summed E-state index contributed by atoms with van der Waals surface area (Å²) in [4.78, 5) is 4.13. The third-order valence-electron chi connectivity index (χ3n) is 2.67. The number of aromatic nitrogens is 3. The van der Waals surface area contributed by atoms with Crippen LogP contribution in [0.2, 0.25) is 0 Å². The fraction of sp³-hybridized carbons (Fsp3) is 0.385. The summed E-state index contributed by atoms with van der Waals surface area (Å²) >= 11 is 3.32. The maximum absolute atomic E-state index is 13.7. The zero-order chi connectivity index (χ0) is 13.8. The Hall–Kier alpha value is -1.43. The molecule has 0 bridgehead atoms. The molecule has 0 aliphatic heterocycles. The molecule has 19 heavy (non-hydrogen) atoms. The van der Waals surface area contributed by atoms with Gasteiger partial charge in [0, 0.05) is 16.9 Å². The van der Waals surface area contributed by atoms with Gasteiger partial charge in [-0.1, -0.05) is 28.1 Å². The molecule has 0 unspecified atom stereocenters. The number of para-hydroxylation sites is 1. The quantitative estimate of drug-likeness (QED) is 0.789. The molecule has 0 aliphatic carbocycles. The first-order chi connectivity index (χ1) is 9.13. The highest BCUT2D eigenvalue weighted by atomic mass is 79.9. The third kappa shape index (κ3) is 3.12. The van der Waals surface area contributed by atoms with Crippen LogP contribution in [0.1, 0.15) is 31.3 Å². The van der Waals surface area contributed by atoms with E-state index in [1.807, 2.05) is 19.9 Å². The Bertz CT molecular complexity index is 557. The average molecular weight is 328 g/mol. The molecule has 2 aromatic rings. The van der Waals surface area contributed by atoms with Gasteiger partial charge in [0.05, 0.1) is 0 Å². The van der Waals surface area contributed by atoms with Gasteiger partial charge >= 0.3 is 0 Å². The summed E-state index contributed by atoms with van der Waals surface area (Å²) in [5.41, 5.74) is 0.774. The second kappa shape index (κ2) is 6.14. The number of nitrogens with zero attached hydrogens (tertiary/aromatic N) is 3. The van der Waals surface area contributed by atoms with Crippen molar-refractivity contribution in [3.63, 3.8) is 0 Å². The zero-order valence-corrected chi connectivity index (χ0v) is 12.4. The summed E-state index contributed by atoms with van der Waals surface area (Å²) < 4.78 is 21.1. The first kappa shape index (κ1) is 14.0. The Labute approximate surface area is 119 Å². The van der Waals surface area contributed by atoms with Crippen molar-refractivity contribution in [1.82, 2.24) is 14.8 Å². The van der Waals surface area contributed by atoms with Gasteiger partial charge in [0.15, 0.2) is 17.4 Å². The van der Waals surface area contributed by atoms with Crippen LogP contribution < -0.4 is 4.74 Å². The Morgan fingerprint density at radius 3 is 2.89 bits per heavy atom. The Morgan fingerprint density at radius 2 is 2.21 bits per heavy atom. The number of ether oxygens (including phenoxy) is 1. The standard InChI is InChI=1S/C13H15BrFN3O/c1-9(2)18-12(16-8-17-18)7-19-13-10(6-14)4-3-5-11(13)15/h3-5,8-9H,6-7H2,1-2H3. The van der Waals surface area contributed by atoms with Crippen LogP contribution in [0.4, 0.5) is 4.39 Å². The lowest BCUT2D eigenvalue weighted by molar-refractivity contribution is 0.267. The van der Waals surface area contributed by atoms with Crippen molar-refractivity contribution in [3.8, 4) is 5.75 Å². The number of hydrogen-bond acceptors (Lipinski definition) is 3. The lowest BCUT2D eigenvalue weighted by atomic mass is 10.2. The molecule has 0 fully saturated rings. The van der Waals surface area contributed by atoms with Crippen LogP contribution in [0.25, 0.3) is 0 Å². The summed E-state index contributed by atoms with van der Waals surface area (Å²) in [6.07, 6.45) is 1.48. The minimum absolute atomic E-state index is 0.192. The monoisotopic (exact) mass is 327 g/mol. The molecule has 1 aromatic heterocycles. The molecule has 0 amide bonds. The summed E-state index contributed by atoms with van der Waals surface area (Å²) in [7, 11) is 0. The SMILES string of the molecule is CC(C)n1ncnc1COc1c(F)cccc1CBr. The molecule has 6 heteroatoms. The topological polar surface area (TPSA) is 39.9 Å². The van der Waals surface area contributed by atoms with Crippen molar-refractivity contribution >= 4 is 15.9 Å². The van der Waals surface area contributed by atoms with Crippen molar-refractivity contribution in [2.45, 2.75) is 31.8 Å². The molecular weight excluding hydrogens is 313 g/mol. The zero-order valence-electron chi connectivity index (χ0n) is 10.8. The number of hydrogen-bond donors (Lipinski definition) is 0. The van der Waals surface area contributed by atoms with Gasteiger partial charge in [-0.3, -0.25) is 0 Å². The second-order valence-corrected chi connectivity index (χ2v) is 4.93. The predicted molar refractivity (Wildman–Crippen MR) is 73.8 cm³/mol. The third-order valence-corrected chi connectivity index (χ3v) is 3.28. The Balaban J connectivity index is 2.17. The van der Waals surface area contributed by atoms with E-state index in [9.17, 15) is 4.39 Å². The molecule has 0 saturated heterocycles. The van der Waals surface area contributed by atoms with Crippen molar-refractivity contribution in [1.29, 1.82) is 0 Å². The summed E-state index contributed by atoms with van der Waals surface area (Å²) in [5.74, 6) is 0.573. The van der Waals surface area contributed by atoms with E-state index in [0.717, 1.165) is 5.56 Å². The van der Waals surface area contributed by atoms with Crippen molar-refractivity contribution in [2.75, 3.05) is 0 Å². The van der Waals surface area contributed by atoms with Gasteiger partial charge in [0.25, 0.3) is 0 Å². The smallest absolute Gasteiger partial charge is 0.165 e. The predicted octanol–water partition coefficient (Wildman–Crippen LogP) is 3.47. The Kier molecular flexibility index (Phi) is 4.52. The van der Waals surface area contributed by atoms with E-state index in [4.69, 9.17) is 4.74 Å². The van der Waals surface area contributed by atoms with E-state index < -0.39 is 0 Å². The second-order valence-electron chi connectivity index (χ2n) is 4.36. The van der Waals surface area contributed by atoms with E-state index >= 15 is 0 Å². The summed E-state index contributed by atoms with van der Waals surface area (Å²) in [6.45, 7) is 4.20. The van der Waals surface area contributed by atoms with Crippen LogP contribution in [0.5, 0.6) is 5.75 Å². The van der Waals surface area contributed by atoms with Crippen LogP contribution in [0.3, 0.4) is 0 Å². The minimum atomic E-state index is -0.368. The molecule has 4 nitrogen and oxygen atoms in total. The van der Waals surface area contributed by atoms with Crippen molar-refractivity contribution < 1.29 is 9.13 Å². The largest absolute Gasteiger partial charge is 0.482 e. The number of alkyl halides is 1. The fourth-order valence-corrected chi connectivity index (χ4v) is 2.21. The number of benzene rings is 1. The molecule has 102 valence electrons. The van der Waals surface area contributed by atoms with Crippen LogP contribution in [0, 0.1) is 5.82 Å². The molecule has 0 atom stereocenters. The van der Waals surface area contributed by atoms with Crippen LogP contribution in [-0.4, -0.2) is 14.8 Å². The van der Waals surface area contributed by atoms with Crippen molar-refractivity contribution in [2.24, 2.45) is 0 Å². The van der Waals surface area contributed by atoms with Gasteiger partial charge in [0.2, 0.25) is 0 Å². The Morgan fingerprint density at radius 1 is 1.42 bits per heavy atom. The summed E-state index contributed by atoms with van der Waals surface area (Å²) in [5, 5.41) is 4.65. The van der Waals surface area contributed by atoms with Gasteiger partial charge in [-0.15, -0.1) is 0 Å². The highest BCUT2D eigenvalue weighted by molar-refractivity contribution is 9.08. The van der Waals surface area contributed by atoms with Crippen LogP contribution >= 0.6 is 15.9 Å². The average Bonchev–Trinajstić information content (AvgIpc) is 2.85. The molecular formula is C13H15BrFN3O. The highest BCUT2D eigenvalue weighted by Crippen LogP contribution is 2.25. The molecule has 0 saturated carbocycles. The van der Waals surface area contributed by atoms with E-state index in [-0.39, 0.29) is 24.2 Å². The normalized spacial score (nSPS) is 11.0. The fourth-order valence-electron chi connectivity index (χ4n) is 1.77. The van der Waals surface area contributed by atoms with Gasteiger partial charge in [0.1, 0.15) is 12.9 Å². The molecule has 0 spiro atoms. The van der Waals surface area contributed by atoms with Crippen LogP contribution in [0.15, 0.2) is 24.5 Å². The molecule has 2 rings (SSSR count). The van der Waals surface area contributed by atoms with Crippen molar-refractivity contribution in [3.05, 3.63) is 41.7 Å². The first-order valence-electron chi connectivity index (χ1n) is 5.98. The lowest BCUT2D eigenvalue weighted by Gasteiger charge is -2.12. The molecule has 1 aromatic carbocycles. The van der Waals surface area contributed by atoms with Crippen LogP contribution in [-0.2, 0) is 11.9 Å². The van der Waals surface area contributed by atoms with Gasteiger partial charge in [-0.2, -0.15) is 5.10 Å². The van der Waals surface area contributed by atoms with E-state index in [2.05, 4.69) is 26.0 Å². The highest BCUT2D eigenvalue weighted by Gasteiger charge is 2.12. The molecule has 0 N–H and O–H groups in total. The van der Waals surface area contributed by atoms with Gasteiger partial charge < -0.3 is 4.74 Å². The first-order valence-corrected chi connectivity index (χ1v) is 7.10. The number of halogens is 2. The maximum Gasteiger partial charge on any atom is 0.165 e. The van der Waals surface area contributed by atoms with Gasteiger partial charge in [-0.05, 0) is 19.9 Å². The molecule has 0 radical (unpaired) electrons. The maximum atomic E-state index is 13.7. The van der Waals surface area contributed by atoms with E-state index in [1.165, 1.54) is 12.4 Å².